The van der Waals surface area contributed by atoms with Crippen LogP contribution in [0.25, 0.3) is 11.1 Å². The molecule has 7 aromatic rings. The first-order valence-electron chi connectivity index (χ1n) is 16.0. The number of aryl methyl sites for hydroxylation is 2. The lowest BCUT2D eigenvalue weighted by Gasteiger charge is -2.30. The van der Waals surface area contributed by atoms with Crippen LogP contribution >= 0.6 is 0 Å². The predicted octanol–water partition coefficient (Wildman–Crippen LogP) is 12.7. The molecule has 3 heteroatoms. The molecule has 1 N–H and O–H groups in total. The number of benzene rings is 7. The average molecular weight is 608 g/mol. The van der Waals surface area contributed by atoms with Gasteiger partial charge in [0, 0.05) is 45.5 Å². The van der Waals surface area contributed by atoms with Gasteiger partial charge in [0.25, 0.3) is 0 Å². The molecule has 0 fully saturated rings. The molecule has 228 valence electrons. The quantitative estimate of drug-likeness (QED) is 0.176. The molecule has 3 nitrogen and oxygen atoms in total. The zero-order valence-corrected chi connectivity index (χ0v) is 26.7. The minimum atomic E-state index is 1.05. The number of para-hydroxylation sites is 3. The maximum atomic E-state index is 3.52. The molecule has 0 saturated carbocycles. The van der Waals surface area contributed by atoms with Gasteiger partial charge in [-0.25, -0.2) is 0 Å². The van der Waals surface area contributed by atoms with Crippen LogP contribution in [0.4, 0.5) is 45.5 Å². The van der Waals surface area contributed by atoms with E-state index in [1.807, 2.05) is 18.2 Å². The summed E-state index contributed by atoms with van der Waals surface area (Å²) in [5.74, 6) is 0. The molecule has 0 heterocycles. The summed E-state index contributed by atoms with van der Waals surface area (Å²) in [7, 11) is 0. The fourth-order valence-corrected chi connectivity index (χ4v) is 6.04. The average Bonchev–Trinajstić information content (AvgIpc) is 3.10. The molecule has 0 atom stereocenters. The van der Waals surface area contributed by atoms with E-state index in [0.717, 1.165) is 56.6 Å². The highest BCUT2D eigenvalue weighted by molar-refractivity contribution is 5.87. The van der Waals surface area contributed by atoms with Crippen molar-refractivity contribution >= 4 is 45.5 Å². The third kappa shape index (κ3) is 6.80. The molecule has 0 unspecified atom stereocenters. The van der Waals surface area contributed by atoms with Gasteiger partial charge in [0.15, 0.2) is 0 Å². The minimum Gasteiger partial charge on any atom is -0.356 e. The van der Waals surface area contributed by atoms with Crippen molar-refractivity contribution in [1.82, 2.24) is 0 Å². The van der Waals surface area contributed by atoms with Crippen molar-refractivity contribution in [2.24, 2.45) is 0 Å². The van der Waals surface area contributed by atoms with Gasteiger partial charge in [-0.15, -0.1) is 0 Å². The Bertz CT molecular complexity index is 1960. The Hall–Kier alpha value is -6.06. The smallest absolute Gasteiger partial charge is 0.0488 e. The van der Waals surface area contributed by atoms with Crippen LogP contribution in [0.5, 0.6) is 0 Å². The van der Waals surface area contributed by atoms with Crippen molar-refractivity contribution < 1.29 is 0 Å². The maximum absolute atomic E-state index is 3.52. The van der Waals surface area contributed by atoms with Gasteiger partial charge in [-0.3, -0.25) is 0 Å². The number of hydrogen-bond acceptors (Lipinski definition) is 3. The van der Waals surface area contributed by atoms with Gasteiger partial charge >= 0.3 is 0 Å². The van der Waals surface area contributed by atoms with Crippen molar-refractivity contribution in [2.45, 2.75) is 13.8 Å². The Kier molecular flexibility index (Phi) is 8.52. The zero-order chi connectivity index (χ0) is 32.0. The van der Waals surface area contributed by atoms with Crippen molar-refractivity contribution in [3.8, 4) is 11.1 Å². The molecule has 47 heavy (non-hydrogen) atoms. The normalized spacial score (nSPS) is 10.8. The lowest BCUT2D eigenvalue weighted by atomic mass is 10.0. The summed E-state index contributed by atoms with van der Waals surface area (Å²) in [5, 5.41) is 3.52. The van der Waals surface area contributed by atoms with Crippen LogP contribution < -0.4 is 15.1 Å². The van der Waals surface area contributed by atoms with Gasteiger partial charge in [0.2, 0.25) is 0 Å². The second-order valence-electron chi connectivity index (χ2n) is 11.8. The Balaban J connectivity index is 1.42. The molecule has 0 aliphatic carbocycles. The van der Waals surface area contributed by atoms with E-state index in [4.69, 9.17) is 0 Å². The fraction of sp³-hybridized carbons (Fsp3) is 0.0455. The van der Waals surface area contributed by atoms with Crippen LogP contribution in [0.1, 0.15) is 11.1 Å². The highest BCUT2D eigenvalue weighted by atomic mass is 15.2. The summed E-state index contributed by atoms with van der Waals surface area (Å²) in [6, 6.07) is 64.6. The van der Waals surface area contributed by atoms with Gasteiger partial charge in [-0.05, 0) is 127 Å². The molecule has 0 radical (unpaired) electrons. The van der Waals surface area contributed by atoms with Crippen molar-refractivity contribution in [1.29, 1.82) is 0 Å². The summed E-state index contributed by atoms with van der Waals surface area (Å²) in [6.45, 7) is 4.29. The summed E-state index contributed by atoms with van der Waals surface area (Å²) >= 11 is 0. The van der Waals surface area contributed by atoms with Gasteiger partial charge in [-0.1, -0.05) is 91.0 Å². The van der Waals surface area contributed by atoms with Crippen LogP contribution in [-0.2, 0) is 0 Å². The third-order valence-electron chi connectivity index (χ3n) is 8.25. The van der Waals surface area contributed by atoms with Crippen LogP contribution in [0.15, 0.2) is 182 Å². The van der Waals surface area contributed by atoms with Gasteiger partial charge < -0.3 is 15.1 Å². The third-order valence-corrected chi connectivity index (χ3v) is 8.25. The minimum absolute atomic E-state index is 1.05. The molecule has 0 aromatic heterocycles. The SMILES string of the molecule is Cc1cccc(N(c2ccccc2)c2cc(-c3ccc(Nc4ccccc4)cc3)cc(N(c3ccccc3)c3cccc(C)c3)c2)c1. The van der Waals surface area contributed by atoms with E-state index in [1.54, 1.807) is 0 Å². The predicted molar refractivity (Wildman–Crippen MR) is 200 cm³/mol. The molecule has 0 saturated heterocycles. The topological polar surface area (TPSA) is 18.5 Å². The summed E-state index contributed by atoms with van der Waals surface area (Å²) in [4.78, 5) is 4.70. The van der Waals surface area contributed by atoms with E-state index < -0.39 is 0 Å². The second kappa shape index (κ2) is 13.5. The standard InChI is InChI=1S/C44H37N3/c1-33-14-12-22-41(28-33)46(39-18-8-4-9-19-39)43-30-36(35-24-26-38(27-25-35)45-37-16-6-3-7-17-37)31-44(32-43)47(40-20-10-5-11-21-40)42-23-13-15-34(2)29-42/h3-32,45H,1-2H3. The Morgan fingerprint density at radius 1 is 0.319 bits per heavy atom. The Labute approximate surface area is 278 Å². The highest BCUT2D eigenvalue weighted by Crippen LogP contribution is 2.43. The number of nitrogens with one attached hydrogen (secondary N) is 1. The van der Waals surface area contributed by atoms with E-state index in [1.165, 1.54) is 11.1 Å². The van der Waals surface area contributed by atoms with Gasteiger partial charge in [0.05, 0.1) is 0 Å². The van der Waals surface area contributed by atoms with E-state index >= 15 is 0 Å². The van der Waals surface area contributed by atoms with Gasteiger partial charge in [-0.2, -0.15) is 0 Å². The van der Waals surface area contributed by atoms with Crippen molar-refractivity contribution in [2.75, 3.05) is 15.1 Å². The van der Waals surface area contributed by atoms with Gasteiger partial charge in [0.1, 0.15) is 0 Å². The van der Waals surface area contributed by atoms with E-state index in [9.17, 15) is 0 Å². The molecule has 0 amide bonds. The lowest BCUT2D eigenvalue weighted by Crippen LogP contribution is -2.13. The summed E-state index contributed by atoms with van der Waals surface area (Å²) < 4.78 is 0. The largest absolute Gasteiger partial charge is 0.356 e. The van der Waals surface area contributed by atoms with Crippen LogP contribution in [0, 0.1) is 13.8 Å². The fourth-order valence-electron chi connectivity index (χ4n) is 6.04. The molecule has 0 spiro atoms. The molecular weight excluding hydrogens is 571 g/mol. The van der Waals surface area contributed by atoms with Crippen LogP contribution in [0.3, 0.4) is 0 Å². The molecule has 0 bridgehead atoms. The lowest BCUT2D eigenvalue weighted by molar-refractivity contribution is 1.24. The van der Waals surface area contributed by atoms with Crippen molar-refractivity contribution in [3.63, 3.8) is 0 Å². The van der Waals surface area contributed by atoms with E-state index in [2.05, 4.69) is 193 Å². The van der Waals surface area contributed by atoms with E-state index in [0.29, 0.717) is 0 Å². The summed E-state index contributed by atoms with van der Waals surface area (Å²) in [5.41, 5.74) is 13.4. The first-order chi connectivity index (χ1) is 23.1. The first kappa shape index (κ1) is 29.6. The number of rotatable bonds is 9. The molecular formula is C44H37N3. The Morgan fingerprint density at radius 3 is 1.21 bits per heavy atom. The molecule has 0 aliphatic heterocycles. The van der Waals surface area contributed by atoms with E-state index in [-0.39, 0.29) is 0 Å². The van der Waals surface area contributed by atoms with Crippen LogP contribution in [-0.4, -0.2) is 0 Å². The molecule has 0 aliphatic rings. The summed E-state index contributed by atoms with van der Waals surface area (Å²) in [6.07, 6.45) is 0. The number of nitrogens with zero attached hydrogens (tertiary/aromatic N) is 2. The molecule has 7 aromatic carbocycles. The Morgan fingerprint density at radius 2 is 0.745 bits per heavy atom. The molecule has 7 rings (SSSR count). The zero-order valence-electron chi connectivity index (χ0n) is 26.7. The second-order valence-corrected chi connectivity index (χ2v) is 11.8. The first-order valence-corrected chi connectivity index (χ1v) is 16.0. The monoisotopic (exact) mass is 607 g/mol. The highest BCUT2D eigenvalue weighted by Gasteiger charge is 2.19. The number of anilines is 8. The maximum Gasteiger partial charge on any atom is 0.0488 e. The number of hydrogen-bond donors (Lipinski definition) is 1. The van der Waals surface area contributed by atoms with Crippen LogP contribution in [0.2, 0.25) is 0 Å². The van der Waals surface area contributed by atoms with Crippen molar-refractivity contribution in [3.05, 3.63) is 193 Å².